The molecule has 1 heterocycles. The zero-order valence-corrected chi connectivity index (χ0v) is 14.3. The summed E-state index contributed by atoms with van der Waals surface area (Å²) in [5, 5.41) is 3.71. The lowest BCUT2D eigenvalue weighted by atomic mass is 9.86. The van der Waals surface area contributed by atoms with Crippen LogP contribution in [0.3, 0.4) is 0 Å². The third-order valence-electron chi connectivity index (χ3n) is 4.92. The van der Waals surface area contributed by atoms with Crippen molar-refractivity contribution in [1.29, 1.82) is 0 Å². The minimum Gasteiger partial charge on any atom is -0.378 e. The number of nitrogens with one attached hydrogen (secondary N) is 1. The van der Waals surface area contributed by atoms with Crippen molar-refractivity contribution in [3.8, 4) is 0 Å². The second kappa shape index (κ2) is 7.17. The van der Waals surface area contributed by atoms with E-state index in [9.17, 15) is 0 Å². The van der Waals surface area contributed by atoms with E-state index in [4.69, 9.17) is 0 Å². The zero-order chi connectivity index (χ0) is 15.4. The van der Waals surface area contributed by atoms with Crippen LogP contribution in [0.25, 0.3) is 0 Å². The van der Waals surface area contributed by atoms with Crippen molar-refractivity contribution < 1.29 is 0 Å². The van der Waals surface area contributed by atoms with Crippen molar-refractivity contribution in [2.75, 3.05) is 37.0 Å². The number of hydrogen-bond acceptors (Lipinski definition) is 3. The Hall–Kier alpha value is -1.22. The van der Waals surface area contributed by atoms with Crippen molar-refractivity contribution in [3.63, 3.8) is 0 Å². The van der Waals surface area contributed by atoms with Crippen LogP contribution in [-0.2, 0) is 0 Å². The Labute approximate surface area is 130 Å². The SMILES string of the molecule is CCCNC1CCN(c2ccc(N(C)C)cc2)C(C)C1C. The Balaban J connectivity index is 2.04. The molecule has 0 aliphatic carbocycles. The van der Waals surface area contributed by atoms with Crippen molar-refractivity contribution in [3.05, 3.63) is 24.3 Å². The molecule has 2 rings (SSSR count). The average molecular weight is 289 g/mol. The first kappa shape index (κ1) is 16.2. The van der Waals surface area contributed by atoms with Gasteiger partial charge in [0.25, 0.3) is 0 Å². The Bertz CT molecular complexity index is 427. The van der Waals surface area contributed by atoms with Crippen LogP contribution in [0.1, 0.15) is 33.6 Å². The lowest BCUT2D eigenvalue weighted by molar-refractivity contribution is 0.271. The molecule has 0 saturated carbocycles. The van der Waals surface area contributed by atoms with Gasteiger partial charge in [0.2, 0.25) is 0 Å². The summed E-state index contributed by atoms with van der Waals surface area (Å²) in [5.74, 6) is 0.679. The second-order valence-electron chi connectivity index (χ2n) is 6.55. The fourth-order valence-electron chi connectivity index (χ4n) is 3.29. The molecule has 118 valence electrons. The monoisotopic (exact) mass is 289 g/mol. The summed E-state index contributed by atoms with van der Waals surface area (Å²) < 4.78 is 0. The van der Waals surface area contributed by atoms with Gasteiger partial charge in [-0.25, -0.2) is 0 Å². The molecule has 3 unspecified atom stereocenters. The molecule has 0 amide bonds. The van der Waals surface area contributed by atoms with Gasteiger partial charge in [-0.2, -0.15) is 0 Å². The fourth-order valence-corrected chi connectivity index (χ4v) is 3.29. The predicted molar refractivity (Wildman–Crippen MR) is 93.4 cm³/mol. The lowest BCUT2D eigenvalue weighted by Gasteiger charge is -2.44. The first-order valence-corrected chi connectivity index (χ1v) is 8.32. The standard InChI is InChI=1S/C18H31N3/c1-6-12-19-18-11-13-21(15(3)14(18)2)17-9-7-16(8-10-17)20(4)5/h7-10,14-15,18-19H,6,11-13H2,1-5H3. The van der Waals surface area contributed by atoms with Crippen LogP contribution in [0.15, 0.2) is 24.3 Å². The van der Waals surface area contributed by atoms with Crippen LogP contribution in [0.2, 0.25) is 0 Å². The van der Waals surface area contributed by atoms with Gasteiger partial charge in [0.1, 0.15) is 0 Å². The number of hydrogen-bond donors (Lipinski definition) is 1. The third kappa shape index (κ3) is 3.70. The normalized spacial score (nSPS) is 26.0. The number of nitrogens with zero attached hydrogens (tertiary/aromatic N) is 2. The van der Waals surface area contributed by atoms with Gasteiger partial charge in [0.15, 0.2) is 0 Å². The highest BCUT2D eigenvalue weighted by molar-refractivity contribution is 5.56. The van der Waals surface area contributed by atoms with E-state index >= 15 is 0 Å². The highest BCUT2D eigenvalue weighted by Gasteiger charge is 2.31. The molecule has 0 aromatic heterocycles. The van der Waals surface area contributed by atoms with Crippen LogP contribution >= 0.6 is 0 Å². The van der Waals surface area contributed by atoms with Crippen molar-refractivity contribution in [2.45, 2.75) is 45.7 Å². The van der Waals surface area contributed by atoms with E-state index in [1.165, 1.54) is 24.2 Å². The molecule has 1 N–H and O–H groups in total. The summed E-state index contributed by atoms with van der Waals surface area (Å²) in [4.78, 5) is 4.71. The number of piperidine rings is 1. The maximum Gasteiger partial charge on any atom is 0.0370 e. The molecule has 3 heteroatoms. The quantitative estimate of drug-likeness (QED) is 0.897. The number of rotatable bonds is 5. The fraction of sp³-hybridized carbons (Fsp3) is 0.667. The van der Waals surface area contributed by atoms with Crippen LogP contribution < -0.4 is 15.1 Å². The first-order valence-electron chi connectivity index (χ1n) is 8.32. The summed E-state index contributed by atoms with van der Waals surface area (Å²) in [6, 6.07) is 10.2. The molecule has 3 nitrogen and oxygen atoms in total. The Kier molecular flexibility index (Phi) is 5.51. The average Bonchev–Trinajstić information content (AvgIpc) is 2.49. The smallest absolute Gasteiger partial charge is 0.0370 e. The van der Waals surface area contributed by atoms with Crippen LogP contribution in [0.4, 0.5) is 11.4 Å². The third-order valence-corrected chi connectivity index (χ3v) is 4.92. The highest BCUT2D eigenvalue weighted by atomic mass is 15.2. The Morgan fingerprint density at radius 1 is 1.19 bits per heavy atom. The van der Waals surface area contributed by atoms with Gasteiger partial charge < -0.3 is 15.1 Å². The molecule has 1 aromatic rings. The largest absolute Gasteiger partial charge is 0.378 e. The van der Waals surface area contributed by atoms with Gasteiger partial charge in [-0.1, -0.05) is 13.8 Å². The van der Waals surface area contributed by atoms with Gasteiger partial charge in [0, 0.05) is 44.1 Å². The lowest BCUT2D eigenvalue weighted by Crippen LogP contribution is -2.53. The number of anilines is 2. The maximum absolute atomic E-state index is 3.71. The van der Waals surface area contributed by atoms with E-state index in [0.29, 0.717) is 18.0 Å². The molecule has 1 aliphatic heterocycles. The Morgan fingerprint density at radius 3 is 2.43 bits per heavy atom. The van der Waals surface area contributed by atoms with Crippen molar-refractivity contribution in [2.24, 2.45) is 5.92 Å². The zero-order valence-electron chi connectivity index (χ0n) is 14.3. The minimum absolute atomic E-state index is 0.582. The van der Waals surface area contributed by atoms with Gasteiger partial charge in [-0.3, -0.25) is 0 Å². The van der Waals surface area contributed by atoms with E-state index in [-0.39, 0.29) is 0 Å². The van der Waals surface area contributed by atoms with Crippen LogP contribution in [-0.4, -0.2) is 39.3 Å². The van der Waals surface area contributed by atoms with E-state index in [2.05, 4.69) is 74.2 Å². The maximum atomic E-state index is 3.71. The molecule has 21 heavy (non-hydrogen) atoms. The molecule has 0 radical (unpaired) electrons. The first-order chi connectivity index (χ1) is 10.0. The van der Waals surface area contributed by atoms with Crippen molar-refractivity contribution in [1.82, 2.24) is 5.32 Å². The molecule has 1 aromatic carbocycles. The molecule has 1 aliphatic rings. The van der Waals surface area contributed by atoms with E-state index < -0.39 is 0 Å². The molecular formula is C18H31N3. The molecule has 0 bridgehead atoms. The van der Waals surface area contributed by atoms with E-state index in [1.807, 2.05) is 0 Å². The summed E-state index contributed by atoms with van der Waals surface area (Å²) in [6.45, 7) is 9.28. The molecule has 3 atom stereocenters. The molecular weight excluding hydrogens is 258 g/mol. The van der Waals surface area contributed by atoms with Crippen LogP contribution in [0.5, 0.6) is 0 Å². The predicted octanol–water partition coefficient (Wildman–Crippen LogP) is 3.36. The summed E-state index contributed by atoms with van der Waals surface area (Å²) in [6.07, 6.45) is 2.45. The van der Waals surface area contributed by atoms with E-state index in [0.717, 1.165) is 13.1 Å². The van der Waals surface area contributed by atoms with Gasteiger partial charge >= 0.3 is 0 Å². The Morgan fingerprint density at radius 2 is 1.86 bits per heavy atom. The summed E-state index contributed by atoms with van der Waals surface area (Å²) in [7, 11) is 4.18. The minimum atomic E-state index is 0.582. The number of benzene rings is 1. The van der Waals surface area contributed by atoms with Gasteiger partial charge in [0.05, 0.1) is 0 Å². The topological polar surface area (TPSA) is 18.5 Å². The van der Waals surface area contributed by atoms with Gasteiger partial charge in [-0.15, -0.1) is 0 Å². The molecule has 1 fully saturated rings. The van der Waals surface area contributed by atoms with Crippen molar-refractivity contribution >= 4 is 11.4 Å². The van der Waals surface area contributed by atoms with Gasteiger partial charge in [-0.05, 0) is 56.5 Å². The second-order valence-corrected chi connectivity index (χ2v) is 6.55. The molecule has 1 saturated heterocycles. The highest BCUT2D eigenvalue weighted by Crippen LogP contribution is 2.29. The molecule has 0 spiro atoms. The summed E-state index contributed by atoms with van der Waals surface area (Å²) >= 11 is 0. The van der Waals surface area contributed by atoms with Crippen LogP contribution in [0, 0.1) is 5.92 Å². The summed E-state index contributed by atoms with van der Waals surface area (Å²) in [5.41, 5.74) is 2.62. The van der Waals surface area contributed by atoms with E-state index in [1.54, 1.807) is 0 Å².